The molecule has 124 valence electrons. The summed E-state index contributed by atoms with van der Waals surface area (Å²) in [7, 11) is 0. The number of halogens is 3. The first kappa shape index (κ1) is 17.1. The summed E-state index contributed by atoms with van der Waals surface area (Å²) < 4.78 is 36.4. The minimum absolute atomic E-state index is 0.252. The number of benzene rings is 1. The van der Waals surface area contributed by atoms with E-state index >= 15 is 0 Å². The van der Waals surface area contributed by atoms with Gasteiger partial charge in [-0.3, -0.25) is 9.59 Å². The Kier molecular flexibility index (Phi) is 5.41. The standard InChI is InChI=1S/C16H17F3N2O2/c17-16(18,19)15(23)20-10-12-6-3-7-13(8-12)21-14(22)9-11-4-1-2-5-11/h3,6-9H,1-2,4-5,10H2,(H,20,23)(H,21,22). The molecule has 1 aliphatic rings. The molecule has 0 aliphatic heterocycles. The predicted octanol–water partition coefficient (Wildman–Crippen LogP) is 3.30. The zero-order valence-corrected chi connectivity index (χ0v) is 12.4. The lowest BCUT2D eigenvalue weighted by molar-refractivity contribution is -0.173. The fourth-order valence-electron chi connectivity index (χ4n) is 2.38. The zero-order valence-electron chi connectivity index (χ0n) is 12.4. The third kappa shape index (κ3) is 5.43. The fourth-order valence-corrected chi connectivity index (χ4v) is 2.38. The van der Waals surface area contributed by atoms with E-state index in [1.165, 1.54) is 6.07 Å². The van der Waals surface area contributed by atoms with Gasteiger partial charge in [0.1, 0.15) is 0 Å². The van der Waals surface area contributed by atoms with Crippen LogP contribution in [0.1, 0.15) is 31.2 Å². The van der Waals surface area contributed by atoms with E-state index in [0.29, 0.717) is 11.3 Å². The highest BCUT2D eigenvalue weighted by Crippen LogP contribution is 2.23. The van der Waals surface area contributed by atoms with Gasteiger partial charge in [-0.15, -0.1) is 0 Å². The monoisotopic (exact) mass is 326 g/mol. The van der Waals surface area contributed by atoms with Crippen LogP contribution in [-0.2, 0) is 16.1 Å². The Morgan fingerprint density at radius 2 is 1.87 bits per heavy atom. The lowest BCUT2D eigenvalue weighted by atomic mass is 10.2. The summed E-state index contributed by atoms with van der Waals surface area (Å²) in [5, 5.41) is 4.47. The van der Waals surface area contributed by atoms with E-state index in [-0.39, 0.29) is 12.5 Å². The van der Waals surface area contributed by atoms with Crippen LogP contribution in [0.4, 0.5) is 18.9 Å². The summed E-state index contributed by atoms with van der Waals surface area (Å²) >= 11 is 0. The summed E-state index contributed by atoms with van der Waals surface area (Å²) in [6.45, 7) is -0.261. The molecule has 2 rings (SSSR count). The quantitative estimate of drug-likeness (QED) is 0.834. The maximum Gasteiger partial charge on any atom is 0.471 e. The molecule has 0 radical (unpaired) electrons. The van der Waals surface area contributed by atoms with Crippen molar-refractivity contribution in [3.05, 3.63) is 41.5 Å². The Morgan fingerprint density at radius 1 is 1.17 bits per heavy atom. The second kappa shape index (κ2) is 7.30. The molecule has 2 N–H and O–H groups in total. The Morgan fingerprint density at radius 3 is 2.52 bits per heavy atom. The SMILES string of the molecule is O=C(C=C1CCCC1)Nc1cccc(CNC(=O)C(F)(F)F)c1. The van der Waals surface area contributed by atoms with Crippen LogP contribution in [0.3, 0.4) is 0 Å². The van der Waals surface area contributed by atoms with Gasteiger partial charge in [0.15, 0.2) is 0 Å². The van der Waals surface area contributed by atoms with E-state index in [9.17, 15) is 22.8 Å². The van der Waals surface area contributed by atoms with Crippen LogP contribution < -0.4 is 10.6 Å². The molecule has 1 aromatic rings. The number of anilines is 1. The molecule has 0 aromatic heterocycles. The van der Waals surface area contributed by atoms with Gasteiger partial charge in [-0.1, -0.05) is 17.7 Å². The molecule has 0 spiro atoms. The van der Waals surface area contributed by atoms with E-state index in [2.05, 4.69) is 5.32 Å². The maximum atomic E-state index is 12.1. The van der Waals surface area contributed by atoms with Crippen LogP contribution in [0.2, 0.25) is 0 Å². The number of hydrogen-bond donors (Lipinski definition) is 2. The molecule has 1 saturated carbocycles. The first-order valence-corrected chi connectivity index (χ1v) is 7.29. The van der Waals surface area contributed by atoms with Crippen molar-refractivity contribution >= 4 is 17.5 Å². The highest BCUT2D eigenvalue weighted by Gasteiger charge is 2.38. The molecule has 23 heavy (non-hydrogen) atoms. The minimum atomic E-state index is -4.90. The van der Waals surface area contributed by atoms with Gasteiger partial charge in [0, 0.05) is 18.3 Å². The van der Waals surface area contributed by atoms with Gasteiger partial charge in [0.05, 0.1) is 0 Å². The van der Waals surface area contributed by atoms with E-state index in [1.807, 2.05) is 0 Å². The number of allylic oxidation sites excluding steroid dienone is 1. The zero-order chi connectivity index (χ0) is 16.9. The Bertz CT molecular complexity index is 616. The summed E-state index contributed by atoms with van der Waals surface area (Å²) in [5.41, 5.74) is 2.05. The smallest absolute Gasteiger partial charge is 0.344 e. The molecular formula is C16H17F3N2O2. The fraction of sp³-hybridized carbons (Fsp3) is 0.375. The number of carbonyl (C=O) groups excluding carboxylic acids is 2. The van der Waals surface area contributed by atoms with Crippen molar-refractivity contribution < 1.29 is 22.8 Å². The van der Waals surface area contributed by atoms with Crippen LogP contribution in [0, 0.1) is 0 Å². The van der Waals surface area contributed by atoms with Crippen molar-refractivity contribution in [2.75, 3.05) is 5.32 Å². The summed E-state index contributed by atoms with van der Waals surface area (Å²) in [6, 6.07) is 6.34. The van der Waals surface area contributed by atoms with Crippen LogP contribution in [-0.4, -0.2) is 18.0 Å². The number of nitrogens with one attached hydrogen (secondary N) is 2. The van der Waals surface area contributed by atoms with Crippen molar-refractivity contribution in [1.29, 1.82) is 0 Å². The van der Waals surface area contributed by atoms with E-state index in [4.69, 9.17) is 0 Å². The number of hydrogen-bond acceptors (Lipinski definition) is 2. The second-order valence-corrected chi connectivity index (χ2v) is 5.38. The third-order valence-electron chi connectivity index (χ3n) is 3.49. The molecule has 0 heterocycles. The second-order valence-electron chi connectivity index (χ2n) is 5.38. The van der Waals surface area contributed by atoms with Crippen molar-refractivity contribution in [2.24, 2.45) is 0 Å². The highest BCUT2D eigenvalue weighted by molar-refractivity contribution is 5.99. The van der Waals surface area contributed by atoms with Gasteiger partial charge < -0.3 is 10.6 Å². The van der Waals surface area contributed by atoms with Crippen LogP contribution in [0.15, 0.2) is 35.9 Å². The minimum Gasteiger partial charge on any atom is -0.344 e. The summed E-state index contributed by atoms with van der Waals surface area (Å²) in [6.07, 6.45) is 0.708. The van der Waals surface area contributed by atoms with Crippen LogP contribution in [0.25, 0.3) is 0 Å². The first-order chi connectivity index (χ1) is 10.8. The molecule has 7 heteroatoms. The Labute approximate surface area is 131 Å². The number of carbonyl (C=O) groups is 2. The van der Waals surface area contributed by atoms with E-state index in [0.717, 1.165) is 31.3 Å². The summed E-state index contributed by atoms with van der Waals surface area (Å²) in [5.74, 6) is -2.24. The number of alkyl halides is 3. The third-order valence-corrected chi connectivity index (χ3v) is 3.49. The van der Waals surface area contributed by atoms with Gasteiger partial charge in [-0.2, -0.15) is 13.2 Å². The van der Waals surface area contributed by atoms with Gasteiger partial charge in [0.25, 0.3) is 0 Å². The molecule has 0 saturated heterocycles. The average molecular weight is 326 g/mol. The molecule has 4 nitrogen and oxygen atoms in total. The maximum absolute atomic E-state index is 12.1. The van der Waals surface area contributed by atoms with E-state index < -0.39 is 12.1 Å². The lowest BCUT2D eigenvalue weighted by Gasteiger charge is -2.09. The number of rotatable bonds is 4. The molecule has 0 atom stereocenters. The highest BCUT2D eigenvalue weighted by atomic mass is 19.4. The van der Waals surface area contributed by atoms with Crippen LogP contribution >= 0.6 is 0 Å². The van der Waals surface area contributed by atoms with Crippen molar-refractivity contribution in [3.63, 3.8) is 0 Å². The average Bonchev–Trinajstić information content (AvgIpc) is 2.96. The molecular weight excluding hydrogens is 309 g/mol. The molecule has 0 unspecified atom stereocenters. The molecule has 2 amide bonds. The van der Waals surface area contributed by atoms with Crippen molar-refractivity contribution in [1.82, 2.24) is 5.32 Å². The van der Waals surface area contributed by atoms with Gasteiger partial charge in [0.2, 0.25) is 5.91 Å². The van der Waals surface area contributed by atoms with Gasteiger partial charge in [-0.05, 0) is 43.4 Å². The van der Waals surface area contributed by atoms with E-state index in [1.54, 1.807) is 29.6 Å². The molecule has 1 aromatic carbocycles. The largest absolute Gasteiger partial charge is 0.471 e. The Balaban J connectivity index is 1.93. The normalized spacial score (nSPS) is 14.5. The molecule has 1 aliphatic carbocycles. The molecule has 0 bridgehead atoms. The molecule has 1 fully saturated rings. The topological polar surface area (TPSA) is 58.2 Å². The van der Waals surface area contributed by atoms with Gasteiger partial charge >= 0.3 is 12.1 Å². The first-order valence-electron chi connectivity index (χ1n) is 7.29. The lowest BCUT2D eigenvalue weighted by Crippen LogP contribution is -2.36. The summed E-state index contributed by atoms with van der Waals surface area (Å²) in [4.78, 5) is 22.7. The number of amides is 2. The van der Waals surface area contributed by atoms with Crippen LogP contribution in [0.5, 0.6) is 0 Å². The van der Waals surface area contributed by atoms with Crippen molar-refractivity contribution in [3.8, 4) is 0 Å². The Hall–Kier alpha value is -2.31. The predicted molar refractivity (Wildman–Crippen MR) is 79.5 cm³/mol. The van der Waals surface area contributed by atoms with Gasteiger partial charge in [-0.25, -0.2) is 0 Å². The van der Waals surface area contributed by atoms with Crippen molar-refractivity contribution in [2.45, 2.75) is 38.4 Å².